The molecule has 128 valence electrons. The summed E-state index contributed by atoms with van der Waals surface area (Å²) in [5.41, 5.74) is 4.35. The summed E-state index contributed by atoms with van der Waals surface area (Å²) >= 11 is 0. The third-order valence-electron chi connectivity index (χ3n) is 4.44. The number of imide groups is 1. The Hall–Kier alpha value is -3.08. The molecule has 0 unspecified atom stereocenters. The molecule has 2 aromatic carbocycles. The van der Waals surface area contributed by atoms with Gasteiger partial charge in [-0.1, -0.05) is 18.2 Å². The number of likely N-dealkylation sites (N-methyl/N-ethyl adjacent to an activating group) is 1. The van der Waals surface area contributed by atoms with Gasteiger partial charge in [0.15, 0.2) is 0 Å². The molecule has 0 saturated carbocycles. The molecular formula is C20H20N2O3. The topological polar surface area (TPSA) is 58.6 Å². The van der Waals surface area contributed by atoms with Crippen molar-refractivity contribution >= 4 is 23.1 Å². The number of nitrogens with one attached hydrogen (secondary N) is 1. The van der Waals surface area contributed by atoms with Crippen molar-refractivity contribution in [3.63, 3.8) is 0 Å². The zero-order valence-corrected chi connectivity index (χ0v) is 14.7. The summed E-state index contributed by atoms with van der Waals surface area (Å²) in [5, 5.41) is 3.10. The molecule has 2 amide bonds. The van der Waals surface area contributed by atoms with Gasteiger partial charge in [-0.15, -0.1) is 0 Å². The van der Waals surface area contributed by atoms with E-state index in [1.165, 1.54) is 7.05 Å². The number of hydrogen-bond acceptors (Lipinski definition) is 4. The van der Waals surface area contributed by atoms with Crippen LogP contribution >= 0.6 is 0 Å². The van der Waals surface area contributed by atoms with Crippen molar-refractivity contribution in [1.82, 2.24) is 4.90 Å². The Labute approximate surface area is 146 Å². The highest BCUT2D eigenvalue weighted by Crippen LogP contribution is 2.30. The van der Waals surface area contributed by atoms with Gasteiger partial charge in [-0.2, -0.15) is 0 Å². The first-order chi connectivity index (χ1) is 11.9. The van der Waals surface area contributed by atoms with Crippen LogP contribution in [0.25, 0.3) is 5.57 Å². The highest BCUT2D eigenvalue weighted by molar-refractivity contribution is 6.36. The fourth-order valence-electron chi connectivity index (χ4n) is 2.74. The Kier molecular flexibility index (Phi) is 4.31. The fourth-order valence-corrected chi connectivity index (χ4v) is 2.74. The lowest BCUT2D eigenvalue weighted by molar-refractivity contribution is -0.135. The van der Waals surface area contributed by atoms with Crippen molar-refractivity contribution in [3.05, 3.63) is 64.9 Å². The number of anilines is 1. The summed E-state index contributed by atoms with van der Waals surface area (Å²) in [7, 11) is 3.09. The van der Waals surface area contributed by atoms with E-state index in [0.717, 1.165) is 27.3 Å². The number of carbonyl (C=O) groups excluding carboxylic acids is 2. The second-order valence-electron chi connectivity index (χ2n) is 6.07. The van der Waals surface area contributed by atoms with Crippen LogP contribution in [0.15, 0.2) is 48.2 Å². The lowest BCUT2D eigenvalue weighted by atomic mass is 9.99. The third kappa shape index (κ3) is 3.01. The van der Waals surface area contributed by atoms with Crippen molar-refractivity contribution in [2.45, 2.75) is 13.8 Å². The van der Waals surface area contributed by atoms with E-state index in [2.05, 4.69) is 5.32 Å². The number of ether oxygens (including phenoxy) is 1. The molecular weight excluding hydrogens is 316 g/mol. The van der Waals surface area contributed by atoms with Gasteiger partial charge in [0.1, 0.15) is 11.4 Å². The minimum absolute atomic E-state index is 0.293. The van der Waals surface area contributed by atoms with Crippen LogP contribution in [0, 0.1) is 13.8 Å². The first kappa shape index (κ1) is 16.8. The van der Waals surface area contributed by atoms with Crippen molar-refractivity contribution in [2.24, 2.45) is 0 Å². The molecule has 5 nitrogen and oxygen atoms in total. The van der Waals surface area contributed by atoms with E-state index >= 15 is 0 Å². The van der Waals surface area contributed by atoms with Crippen LogP contribution in [0.1, 0.15) is 16.7 Å². The van der Waals surface area contributed by atoms with E-state index < -0.39 is 0 Å². The number of methoxy groups -OCH3 is 1. The molecule has 5 heteroatoms. The fraction of sp³-hybridized carbons (Fsp3) is 0.200. The summed E-state index contributed by atoms with van der Waals surface area (Å²) in [6.45, 7) is 4.00. The number of aryl methyl sites for hydroxylation is 2. The van der Waals surface area contributed by atoms with Gasteiger partial charge < -0.3 is 10.1 Å². The second kappa shape index (κ2) is 6.43. The average Bonchev–Trinajstić information content (AvgIpc) is 2.82. The van der Waals surface area contributed by atoms with E-state index in [4.69, 9.17) is 4.74 Å². The Bertz CT molecular complexity index is 882. The molecule has 1 heterocycles. The Morgan fingerprint density at radius 1 is 0.920 bits per heavy atom. The molecule has 1 N–H and O–H groups in total. The normalized spacial score (nSPS) is 14.3. The molecule has 0 fully saturated rings. The molecule has 0 aliphatic carbocycles. The van der Waals surface area contributed by atoms with Crippen LogP contribution < -0.4 is 10.1 Å². The Morgan fingerprint density at radius 3 is 2.20 bits per heavy atom. The van der Waals surface area contributed by atoms with Gasteiger partial charge in [0.2, 0.25) is 0 Å². The number of nitrogens with zero attached hydrogens (tertiary/aromatic N) is 1. The van der Waals surface area contributed by atoms with Crippen LogP contribution in [0.4, 0.5) is 5.69 Å². The van der Waals surface area contributed by atoms with Crippen molar-refractivity contribution in [3.8, 4) is 5.75 Å². The SMILES string of the molecule is COc1ccc(NC2=C(c3ccc(C)c(C)c3)C(=O)N(C)C2=O)cc1. The molecule has 0 spiro atoms. The van der Waals surface area contributed by atoms with Gasteiger partial charge >= 0.3 is 0 Å². The summed E-state index contributed by atoms with van der Waals surface area (Å²) in [4.78, 5) is 26.3. The summed E-state index contributed by atoms with van der Waals surface area (Å²) < 4.78 is 5.14. The lowest BCUT2D eigenvalue weighted by Gasteiger charge is -2.10. The predicted molar refractivity (Wildman–Crippen MR) is 97.2 cm³/mol. The first-order valence-corrected chi connectivity index (χ1v) is 7.97. The number of carbonyl (C=O) groups is 2. The monoisotopic (exact) mass is 336 g/mol. The number of amides is 2. The van der Waals surface area contributed by atoms with E-state index in [1.807, 2.05) is 32.0 Å². The first-order valence-electron chi connectivity index (χ1n) is 7.97. The highest BCUT2D eigenvalue weighted by Gasteiger charge is 2.36. The molecule has 0 atom stereocenters. The number of benzene rings is 2. The summed E-state index contributed by atoms with van der Waals surface area (Å²) in [5.74, 6) is 0.0816. The summed E-state index contributed by atoms with van der Waals surface area (Å²) in [6.07, 6.45) is 0. The maximum Gasteiger partial charge on any atom is 0.277 e. The Balaban J connectivity index is 2.06. The maximum absolute atomic E-state index is 12.6. The molecule has 0 aromatic heterocycles. The molecule has 0 radical (unpaired) electrons. The van der Waals surface area contributed by atoms with Crippen LogP contribution in [0.3, 0.4) is 0 Å². The lowest BCUT2D eigenvalue weighted by Crippen LogP contribution is -2.27. The van der Waals surface area contributed by atoms with E-state index in [0.29, 0.717) is 17.0 Å². The smallest absolute Gasteiger partial charge is 0.277 e. The standard InChI is InChI=1S/C20H20N2O3/c1-12-5-6-14(11-13(12)2)17-18(20(24)22(3)19(17)23)21-15-7-9-16(25-4)10-8-15/h5-11,21H,1-4H3. The van der Waals surface area contributed by atoms with Crippen molar-refractivity contribution < 1.29 is 14.3 Å². The number of hydrogen-bond donors (Lipinski definition) is 1. The van der Waals surface area contributed by atoms with Crippen LogP contribution in [0.2, 0.25) is 0 Å². The minimum atomic E-state index is -0.339. The molecule has 0 bridgehead atoms. The van der Waals surface area contributed by atoms with E-state index in [9.17, 15) is 9.59 Å². The average molecular weight is 336 g/mol. The molecule has 2 aromatic rings. The maximum atomic E-state index is 12.6. The van der Waals surface area contributed by atoms with Gasteiger partial charge in [0.25, 0.3) is 11.8 Å². The second-order valence-corrected chi connectivity index (χ2v) is 6.07. The molecule has 0 saturated heterocycles. The van der Waals surface area contributed by atoms with Gasteiger partial charge in [-0.05, 0) is 54.8 Å². The molecule has 1 aliphatic heterocycles. The van der Waals surface area contributed by atoms with Gasteiger partial charge in [0.05, 0.1) is 12.7 Å². The zero-order valence-electron chi connectivity index (χ0n) is 14.7. The third-order valence-corrected chi connectivity index (χ3v) is 4.44. The summed E-state index contributed by atoms with van der Waals surface area (Å²) in [6, 6.07) is 13.0. The quantitative estimate of drug-likeness (QED) is 0.872. The van der Waals surface area contributed by atoms with Crippen LogP contribution in [-0.4, -0.2) is 30.9 Å². The van der Waals surface area contributed by atoms with Crippen LogP contribution in [-0.2, 0) is 9.59 Å². The Morgan fingerprint density at radius 2 is 1.60 bits per heavy atom. The minimum Gasteiger partial charge on any atom is -0.497 e. The largest absolute Gasteiger partial charge is 0.497 e. The molecule has 25 heavy (non-hydrogen) atoms. The molecule has 3 rings (SSSR count). The zero-order chi connectivity index (χ0) is 18.1. The van der Waals surface area contributed by atoms with Gasteiger partial charge in [-0.3, -0.25) is 14.5 Å². The van der Waals surface area contributed by atoms with Crippen LogP contribution in [0.5, 0.6) is 5.75 Å². The predicted octanol–water partition coefficient (Wildman–Crippen LogP) is 3.13. The van der Waals surface area contributed by atoms with Gasteiger partial charge in [0, 0.05) is 12.7 Å². The number of rotatable bonds is 4. The van der Waals surface area contributed by atoms with Crippen molar-refractivity contribution in [2.75, 3.05) is 19.5 Å². The van der Waals surface area contributed by atoms with Gasteiger partial charge in [-0.25, -0.2) is 0 Å². The highest BCUT2D eigenvalue weighted by atomic mass is 16.5. The van der Waals surface area contributed by atoms with E-state index in [1.54, 1.807) is 31.4 Å². The molecule has 1 aliphatic rings. The van der Waals surface area contributed by atoms with E-state index in [-0.39, 0.29) is 11.8 Å². The van der Waals surface area contributed by atoms with Crippen molar-refractivity contribution in [1.29, 1.82) is 0 Å².